The molecule has 0 aliphatic heterocycles. The maximum atomic E-state index is 9.82. The molecule has 0 atom stereocenters. The summed E-state index contributed by atoms with van der Waals surface area (Å²) >= 11 is 12.5. The molecule has 0 bridgehead atoms. The number of halogens is 2. The van der Waals surface area contributed by atoms with Gasteiger partial charge in [-0.25, -0.2) is 4.98 Å². The van der Waals surface area contributed by atoms with Gasteiger partial charge in [0.15, 0.2) is 11.5 Å². The maximum absolute atomic E-state index is 9.82. The molecule has 0 aliphatic rings. The standard InChI is InChI=1S/C22H19Cl2N3O3/c1-11-18(14-7-8-17(28-2)21(30-4)20(14)29-3)15(10-25)22(26)27-19(11)13-6-5-12(23)9-16(13)24/h5-9H,1-4H3,(H2,26,27). The fourth-order valence-electron chi connectivity index (χ4n) is 3.39. The molecule has 154 valence electrons. The average molecular weight is 444 g/mol. The second-order valence-electron chi connectivity index (χ2n) is 6.34. The lowest BCUT2D eigenvalue weighted by atomic mass is 9.92. The molecule has 0 aliphatic carbocycles. The molecule has 1 heterocycles. The first-order valence-electron chi connectivity index (χ1n) is 8.82. The maximum Gasteiger partial charge on any atom is 0.203 e. The lowest BCUT2D eigenvalue weighted by molar-refractivity contribution is 0.325. The van der Waals surface area contributed by atoms with Crippen molar-refractivity contribution in [3.05, 3.63) is 51.5 Å². The Balaban J connectivity index is 2.41. The van der Waals surface area contributed by atoms with E-state index in [1.165, 1.54) is 21.3 Å². The Kier molecular flexibility index (Phi) is 6.25. The van der Waals surface area contributed by atoms with Crippen molar-refractivity contribution in [1.82, 2.24) is 4.98 Å². The zero-order valence-corrected chi connectivity index (χ0v) is 18.4. The largest absolute Gasteiger partial charge is 0.493 e. The molecule has 0 saturated heterocycles. The van der Waals surface area contributed by atoms with Crippen LogP contribution in [0.1, 0.15) is 11.1 Å². The van der Waals surface area contributed by atoms with Gasteiger partial charge in [0, 0.05) is 21.7 Å². The quantitative estimate of drug-likeness (QED) is 0.558. The minimum absolute atomic E-state index is 0.0796. The van der Waals surface area contributed by atoms with Gasteiger partial charge in [0.1, 0.15) is 17.5 Å². The molecule has 3 aromatic rings. The average Bonchev–Trinajstić information content (AvgIpc) is 2.73. The second kappa shape index (κ2) is 8.70. The number of methoxy groups -OCH3 is 3. The van der Waals surface area contributed by atoms with Gasteiger partial charge in [0.2, 0.25) is 5.75 Å². The second-order valence-corrected chi connectivity index (χ2v) is 7.18. The van der Waals surface area contributed by atoms with Crippen LogP contribution >= 0.6 is 23.2 Å². The fourth-order valence-corrected chi connectivity index (χ4v) is 3.88. The summed E-state index contributed by atoms with van der Waals surface area (Å²) in [7, 11) is 4.57. The molecular formula is C22H19Cl2N3O3. The molecule has 8 heteroatoms. The van der Waals surface area contributed by atoms with E-state index in [0.717, 1.165) is 0 Å². The third kappa shape index (κ3) is 3.58. The molecule has 6 nitrogen and oxygen atoms in total. The van der Waals surface area contributed by atoms with Gasteiger partial charge in [-0.3, -0.25) is 0 Å². The normalized spacial score (nSPS) is 10.4. The van der Waals surface area contributed by atoms with Crippen LogP contribution in [0, 0.1) is 18.3 Å². The first kappa shape index (κ1) is 21.6. The molecule has 2 aromatic carbocycles. The Morgan fingerprint density at radius 1 is 0.967 bits per heavy atom. The van der Waals surface area contributed by atoms with Crippen molar-refractivity contribution in [2.75, 3.05) is 27.1 Å². The van der Waals surface area contributed by atoms with Crippen LogP contribution < -0.4 is 19.9 Å². The lowest BCUT2D eigenvalue weighted by Crippen LogP contribution is -2.05. The van der Waals surface area contributed by atoms with Crippen LogP contribution in [0.5, 0.6) is 17.2 Å². The van der Waals surface area contributed by atoms with E-state index in [2.05, 4.69) is 11.1 Å². The Morgan fingerprint density at radius 2 is 1.63 bits per heavy atom. The first-order chi connectivity index (χ1) is 14.4. The number of rotatable bonds is 5. The molecule has 0 radical (unpaired) electrons. The molecule has 2 N–H and O–H groups in total. The summed E-state index contributed by atoms with van der Waals surface area (Å²) in [5, 5.41) is 10.7. The molecule has 0 saturated carbocycles. The van der Waals surface area contributed by atoms with Gasteiger partial charge in [0.05, 0.1) is 32.0 Å². The van der Waals surface area contributed by atoms with E-state index in [0.29, 0.717) is 55.2 Å². The van der Waals surface area contributed by atoms with Crippen molar-refractivity contribution in [2.45, 2.75) is 6.92 Å². The van der Waals surface area contributed by atoms with Crippen LogP contribution in [0.3, 0.4) is 0 Å². The van der Waals surface area contributed by atoms with Gasteiger partial charge in [-0.2, -0.15) is 5.26 Å². The highest BCUT2D eigenvalue weighted by Gasteiger charge is 2.25. The summed E-state index contributed by atoms with van der Waals surface area (Å²) in [5.74, 6) is 1.39. The van der Waals surface area contributed by atoms with Crippen molar-refractivity contribution < 1.29 is 14.2 Å². The van der Waals surface area contributed by atoms with Gasteiger partial charge >= 0.3 is 0 Å². The highest BCUT2D eigenvalue weighted by atomic mass is 35.5. The number of ether oxygens (including phenoxy) is 3. The summed E-state index contributed by atoms with van der Waals surface area (Å²) in [4.78, 5) is 4.45. The molecule has 0 fully saturated rings. The van der Waals surface area contributed by atoms with Gasteiger partial charge < -0.3 is 19.9 Å². The predicted octanol–water partition coefficient (Wildman–Crippen LogP) is 5.51. The SMILES string of the molecule is COc1ccc(-c2c(C)c(-c3ccc(Cl)cc3Cl)nc(N)c2C#N)c(OC)c1OC. The third-order valence-electron chi connectivity index (χ3n) is 4.74. The van der Waals surface area contributed by atoms with Crippen molar-refractivity contribution in [3.63, 3.8) is 0 Å². The predicted molar refractivity (Wildman–Crippen MR) is 119 cm³/mol. The Labute approximate surface area is 184 Å². The topological polar surface area (TPSA) is 90.4 Å². The zero-order valence-electron chi connectivity index (χ0n) is 16.8. The molecule has 1 aromatic heterocycles. The minimum atomic E-state index is 0.0796. The number of nitriles is 1. The molecule has 0 unspecified atom stereocenters. The number of hydrogen-bond acceptors (Lipinski definition) is 6. The van der Waals surface area contributed by atoms with E-state index in [1.54, 1.807) is 30.3 Å². The van der Waals surface area contributed by atoms with Gasteiger partial charge in [0.25, 0.3) is 0 Å². The van der Waals surface area contributed by atoms with Crippen LogP contribution in [-0.2, 0) is 0 Å². The van der Waals surface area contributed by atoms with Crippen LogP contribution in [0.15, 0.2) is 30.3 Å². The van der Waals surface area contributed by atoms with Crippen molar-refractivity contribution in [1.29, 1.82) is 5.26 Å². The van der Waals surface area contributed by atoms with Gasteiger partial charge in [-0.1, -0.05) is 23.2 Å². The van der Waals surface area contributed by atoms with Crippen LogP contribution in [0.4, 0.5) is 5.82 Å². The highest BCUT2D eigenvalue weighted by molar-refractivity contribution is 6.36. The monoisotopic (exact) mass is 443 g/mol. The molecule has 30 heavy (non-hydrogen) atoms. The molecular weight excluding hydrogens is 425 g/mol. The Bertz CT molecular complexity index is 1170. The molecule has 3 rings (SSSR count). The highest BCUT2D eigenvalue weighted by Crippen LogP contribution is 2.48. The smallest absolute Gasteiger partial charge is 0.203 e. The van der Waals surface area contributed by atoms with Crippen molar-refractivity contribution in [2.24, 2.45) is 0 Å². The first-order valence-corrected chi connectivity index (χ1v) is 9.58. The summed E-state index contributed by atoms with van der Waals surface area (Å²) in [5.41, 5.74) is 9.49. The number of anilines is 1. The minimum Gasteiger partial charge on any atom is -0.493 e. The van der Waals surface area contributed by atoms with Gasteiger partial charge in [-0.05, 0) is 42.8 Å². The van der Waals surface area contributed by atoms with E-state index in [1.807, 2.05) is 6.92 Å². The molecule has 0 spiro atoms. The Morgan fingerprint density at radius 3 is 2.20 bits per heavy atom. The summed E-state index contributed by atoms with van der Waals surface area (Å²) in [6, 6.07) is 10.8. The fraction of sp³-hybridized carbons (Fsp3) is 0.182. The van der Waals surface area contributed by atoms with E-state index in [-0.39, 0.29) is 11.4 Å². The van der Waals surface area contributed by atoms with Gasteiger partial charge in [-0.15, -0.1) is 0 Å². The van der Waals surface area contributed by atoms with E-state index in [9.17, 15) is 5.26 Å². The summed E-state index contributed by atoms with van der Waals surface area (Å²) in [6.45, 7) is 1.85. The number of pyridine rings is 1. The Hall–Kier alpha value is -3.14. The number of benzene rings is 2. The van der Waals surface area contributed by atoms with Crippen LogP contribution in [-0.4, -0.2) is 26.3 Å². The zero-order chi connectivity index (χ0) is 22.0. The molecule has 0 amide bonds. The summed E-state index contributed by atoms with van der Waals surface area (Å²) in [6.07, 6.45) is 0. The number of nitrogens with zero attached hydrogens (tertiary/aromatic N) is 2. The lowest BCUT2D eigenvalue weighted by Gasteiger charge is -2.20. The van der Waals surface area contributed by atoms with E-state index < -0.39 is 0 Å². The number of nitrogens with two attached hydrogens (primary N) is 1. The number of nitrogen functional groups attached to an aromatic ring is 1. The van der Waals surface area contributed by atoms with Crippen LogP contribution in [0.25, 0.3) is 22.4 Å². The van der Waals surface area contributed by atoms with Crippen LogP contribution in [0.2, 0.25) is 10.0 Å². The number of hydrogen-bond donors (Lipinski definition) is 1. The number of aromatic nitrogens is 1. The third-order valence-corrected chi connectivity index (χ3v) is 5.29. The van der Waals surface area contributed by atoms with Crippen molar-refractivity contribution >= 4 is 29.0 Å². The van der Waals surface area contributed by atoms with E-state index in [4.69, 9.17) is 43.1 Å². The van der Waals surface area contributed by atoms with Crippen molar-refractivity contribution in [3.8, 4) is 45.7 Å². The van der Waals surface area contributed by atoms with E-state index >= 15 is 0 Å². The summed E-state index contributed by atoms with van der Waals surface area (Å²) < 4.78 is 16.5.